The van der Waals surface area contributed by atoms with Gasteiger partial charge in [0.05, 0.1) is 11.7 Å². The monoisotopic (exact) mass is 432 g/mol. The van der Waals surface area contributed by atoms with E-state index < -0.39 is 0 Å². The summed E-state index contributed by atoms with van der Waals surface area (Å²) in [5.41, 5.74) is 4.14. The van der Waals surface area contributed by atoms with Crippen LogP contribution < -0.4 is 10.6 Å². The van der Waals surface area contributed by atoms with Gasteiger partial charge in [-0.15, -0.1) is 5.10 Å². The van der Waals surface area contributed by atoms with Gasteiger partial charge in [0.15, 0.2) is 5.69 Å². The summed E-state index contributed by atoms with van der Waals surface area (Å²) in [5, 5.41) is 13.8. The van der Waals surface area contributed by atoms with Crippen LogP contribution in [0.4, 0.5) is 5.82 Å². The van der Waals surface area contributed by atoms with E-state index in [1.165, 1.54) is 0 Å². The summed E-state index contributed by atoms with van der Waals surface area (Å²) < 4.78 is 1.68. The van der Waals surface area contributed by atoms with Crippen molar-refractivity contribution in [2.45, 2.75) is 52.6 Å². The van der Waals surface area contributed by atoms with E-state index in [1.807, 2.05) is 52.0 Å². The van der Waals surface area contributed by atoms with Crippen LogP contribution in [0, 0.1) is 12.8 Å². The molecule has 0 atom stereocenters. The molecule has 1 aromatic carbocycles. The van der Waals surface area contributed by atoms with Crippen molar-refractivity contribution in [3.63, 3.8) is 0 Å². The van der Waals surface area contributed by atoms with Crippen molar-refractivity contribution in [2.75, 3.05) is 5.32 Å². The lowest BCUT2D eigenvalue weighted by Crippen LogP contribution is -2.24. The van der Waals surface area contributed by atoms with Crippen LogP contribution in [-0.4, -0.2) is 31.8 Å². The molecule has 1 fully saturated rings. The minimum atomic E-state index is -0.255. The van der Waals surface area contributed by atoms with E-state index in [9.17, 15) is 9.59 Å². The highest BCUT2D eigenvalue weighted by molar-refractivity contribution is 5.93. The molecule has 3 aromatic rings. The normalized spacial score (nSPS) is 13.6. The van der Waals surface area contributed by atoms with Gasteiger partial charge in [0.25, 0.3) is 5.91 Å². The van der Waals surface area contributed by atoms with Gasteiger partial charge in [-0.25, -0.2) is 9.67 Å². The van der Waals surface area contributed by atoms with Crippen LogP contribution in [0.25, 0.3) is 11.1 Å². The summed E-state index contributed by atoms with van der Waals surface area (Å²) in [6, 6.07) is 9.88. The summed E-state index contributed by atoms with van der Waals surface area (Å²) in [7, 11) is 0. The summed E-state index contributed by atoms with van der Waals surface area (Å²) >= 11 is 0. The first-order valence-electron chi connectivity index (χ1n) is 10.8. The molecule has 0 unspecified atom stereocenters. The molecule has 166 valence electrons. The number of anilines is 1. The van der Waals surface area contributed by atoms with Gasteiger partial charge in [0.1, 0.15) is 5.82 Å². The molecule has 0 saturated heterocycles. The molecule has 8 heteroatoms. The fourth-order valence-electron chi connectivity index (χ4n) is 3.29. The maximum absolute atomic E-state index is 12.5. The van der Waals surface area contributed by atoms with Crippen LogP contribution in [0.15, 0.2) is 42.7 Å². The summed E-state index contributed by atoms with van der Waals surface area (Å²) in [4.78, 5) is 28.7. The topological polar surface area (TPSA) is 102 Å². The van der Waals surface area contributed by atoms with Gasteiger partial charge in [-0.3, -0.25) is 9.59 Å². The number of nitrogens with one attached hydrogen (secondary N) is 2. The number of pyridine rings is 1. The first-order valence-corrected chi connectivity index (χ1v) is 10.8. The Morgan fingerprint density at radius 3 is 2.53 bits per heavy atom. The van der Waals surface area contributed by atoms with E-state index in [0.717, 1.165) is 35.1 Å². The molecule has 1 aliphatic carbocycles. The maximum Gasteiger partial charge on any atom is 0.273 e. The number of hydrogen-bond donors (Lipinski definition) is 2. The number of carbonyl (C=O) groups is 2. The zero-order valence-electron chi connectivity index (χ0n) is 18.8. The lowest BCUT2D eigenvalue weighted by Gasteiger charge is -2.17. The van der Waals surface area contributed by atoms with Crippen LogP contribution in [0.2, 0.25) is 0 Å². The Bertz CT molecular complexity index is 1160. The average molecular weight is 433 g/mol. The fourth-order valence-corrected chi connectivity index (χ4v) is 3.29. The Morgan fingerprint density at radius 1 is 1.12 bits per heavy atom. The van der Waals surface area contributed by atoms with Crippen molar-refractivity contribution in [3.8, 4) is 11.1 Å². The van der Waals surface area contributed by atoms with E-state index in [4.69, 9.17) is 0 Å². The molecule has 2 amide bonds. The van der Waals surface area contributed by atoms with Crippen molar-refractivity contribution in [1.29, 1.82) is 0 Å². The highest BCUT2D eigenvalue weighted by Gasteiger charge is 2.29. The van der Waals surface area contributed by atoms with Crippen LogP contribution in [-0.2, 0) is 16.9 Å². The van der Waals surface area contributed by atoms with Crippen molar-refractivity contribution in [1.82, 2.24) is 25.3 Å². The van der Waals surface area contributed by atoms with Crippen molar-refractivity contribution < 1.29 is 9.59 Å². The van der Waals surface area contributed by atoms with E-state index in [0.29, 0.717) is 18.1 Å². The van der Waals surface area contributed by atoms with Crippen LogP contribution in [0.5, 0.6) is 0 Å². The number of rotatable bonds is 6. The van der Waals surface area contributed by atoms with Crippen LogP contribution >= 0.6 is 0 Å². The van der Waals surface area contributed by atoms with Crippen LogP contribution in [0.1, 0.15) is 55.2 Å². The number of nitrogens with zero attached hydrogens (tertiary/aromatic N) is 4. The molecule has 0 radical (unpaired) electrons. The molecular weight excluding hydrogens is 404 g/mol. The standard InChI is InChI=1S/C24H28N6O2/c1-15-11-17(18-9-10-25-21(12-18)27-22(31)16-5-6-16)7-8-19(15)13-26-23(32)20-14-30(29-28-20)24(2,3)4/h7-12,14,16H,5-6,13H2,1-4H3,(H,26,32)(H,25,27,31). The molecule has 2 aromatic heterocycles. The lowest BCUT2D eigenvalue weighted by molar-refractivity contribution is -0.117. The summed E-state index contributed by atoms with van der Waals surface area (Å²) in [6.45, 7) is 8.41. The first kappa shape index (κ1) is 21.7. The van der Waals surface area contributed by atoms with Crippen molar-refractivity contribution in [2.24, 2.45) is 5.92 Å². The maximum atomic E-state index is 12.5. The summed E-state index contributed by atoms with van der Waals surface area (Å²) in [5.74, 6) is 0.487. The molecule has 2 heterocycles. The minimum Gasteiger partial charge on any atom is -0.347 e. The highest BCUT2D eigenvalue weighted by Crippen LogP contribution is 2.30. The highest BCUT2D eigenvalue weighted by atomic mass is 16.2. The quantitative estimate of drug-likeness (QED) is 0.619. The predicted octanol–water partition coefficient (Wildman–Crippen LogP) is 3.68. The van der Waals surface area contributed by atoms with Crippen LogP contribution in [0.3, 0.4) is 0 Å². The molecule has 4 rings (SSSR count). The number of aromatic nitrogens is 4. The van der Waals surface area contributed by atoms with Gasteiger partial charge >= 0.3 is 0 Å². The Labute approximate surface area is 187 Å². The number of carbonyl (C=O) groups excluding carboxylic acids is 2. The summed E-state index contributed by atoms with van der Waals surface area (Å²) in [6.07, 6.45) is 5.27. The van der Waals surface area contributed by atoms with E-state index in [2.05, 4.69) is 32.0 Å². The zero-order valence-corrected chi connectivity index (χ0v) is 18.8. The Kier molecular flexibility index (Phi) is 5.78. The zero-order chi connectivity index (χ0) is 22.9. The predicted molar refractivity (Wildman–Crippen MR) is 122 cm³/mol. The van der Waals surface area contributed by atoms with Gasteiger partial charge in [0, 0.05) is 18.7 Å². The second kappa shape index (κ2) is 8.53. The second-order valence-corrected chi connectivity index (χ2v) is 9.24. The molecule has 1 aliphatic rings. The minimum absolute atomic E-state index is 0.0412. The molecule has 1 saturated carbocycles. The largest absolute Gasteiger partial charge is 0.347 e. The lowest BCUT2D eigenvalue weighted by atomic mass is 10.0. The Hall–Kier alpha value is -3.55. The molecule has 2 N–H and O–H groups in total. The molecule has 32 heavy (non-hydrogen) atoms. The molecular formula is C24H28N6O2. The Balaban J connectivity index is 1.41. The number of hydrogen-bond acceptors (Lipinski definition) is 5. The van der Waals surface area contributed by atoms with Gasteiger partial charge < -0.3 is 10.6 Å². The molecule has 0 bridgehead atoms. The SMILES string of the molecule is Cc1cc(-c2ccnc(NC(=O)C3CC3)c2)ccc1CNC(=O)c1cn(C(C)(C)C)nn1. The molecule has 0 spiro atoms. The smallest absolute Gasteiger partial charge is 0.273 e. The molecule has 8 nitrogen and oxygen atoms in total. The van der Waals surface area contributed by atoms with E-state index in [-0.39, 0.29) is 23.3 Å². The van der Waals surface area contributed by atoms with Crippen molar-refractivity contribution >= 4 is 17.6 Å². The fraction of sp³-hybridized carbons (Fsp3) is 0.375. The third kappa shape index (κ3) is 5.01. The Morgan fingerprint density at radius 2 is 1.88 bits per heavy atom. The third-order valence-corrected chi connectivity index (χ3v) is 5.49. The number of benzene rings is 1. The van der Waals surface area contributed by atoms with Gasteiger partial charge in [-0.2, -0.15) is 0 Å². The van der Waals surface area contributed by atoms with E-state index in [1.54, 1.807) is 17.1 Å². The number of amides is 2. The second-order valence-electron chi connectivity index (χ2n) is 9.24. The van der Waals surface area contributed by atoms with Crippen molar-refractivity contribution in [3.05, 3.63) is 59.5 Å². The third-order valence-electron chi connectivity index (χ3n) is 5.49. The average Bonchev–Trinajstić information content (AvgIpc) is 3.48. The number of aryl methyl sites for hydroxylation is 1. The van der Waals surface area contributed by atoms with Gasteiger partial charge in [0.2, 0.25) is 5.91 Å². The molecule has 0 aliphatic heterocycles. The first-order chi connectivity index (χ1) is 15.2. The van der Waals surface area contributed by atoms with E-state index >= 15 is 0 Å². The van der Waals surface area contributed by atoms with Gasteiger partial charge in [-0.1, -0.05) is 23.4 Å². The van der Waals surface area contributed by atoms with Gasteiger partial charge in [-0.05, 0) is 74.9 Å².